The maximum Gasteiger partial charge on any atom is 0.269 e. The third kappa shape index (κ3) is 3.43. The Labute approximate surface area is 138 Å². The van der Waals surface area contributed by atoms with Gasteiger partial charge in [-0.2, -0.15) is 0 Å². The van der Waals surface area contributed by atoms with E-state index in [1.54, 1.807) is 12.1 Å². The molecule has 0 fully saturated rings. The van der Waals surface area contributed by atoms with Gasteiger partial charge in [-0.15, -0.1) is 0 Å². The largest absolute Gasteiger partial charge is 0.370 e. The van der Waals surface area contributed by atoms with E-state index in [9.17, 15) is 10.1 Å². The second kappa shape index (κ2) is 6.26. The van der Waals surface area contributed by atoms with Crippen LogP contribution in [0.2, 0.25) is 5.02 Å². The van der Waals surface area contributed by atoms with Gasteiger partial charge < -0.3 is 11.1 Å². The maximum absolute atomic E-state index is 10.7. The lowest BCUT2D eigenvalue weighted by atomic mass is 9.94. The van der Waals surface area contributed by atoms with Crippen molar-refractivity contribution in [2.75, 3.05) is 0 Å². The van der Waals surface area contributed by atoms with Gasteiger partial charge in [0.1, 0.15) is 0 Å². The highest BCUT2D eigenvalue weighted by atomic mass is 35.5. The van der Waals surface area contributed by atoms with E-state index in [1.807, 2.05) is 24.3 Å². The molecule has 118 valence electrons. The number of nitro benzene ring substituents is 1. The molecule has 1 aliphatic rings. The number of nitro groups is 1. The van der Waals surface area contributed by atoms with Crippen molar-refractivity contribution >= 4 is 23.2 Å². The minimum Gasteiger partial charge on any atom is -0.370 e. The molecule has 0 bridgehead atoms. The first-order chi connectivity index (χ1) is 11.0. The van der Waals surface area contributed by atoms with Crippen molar-refractivity contribution in [3.8, 4) is 0 Å². The summed E-state index contributed by atoms with van der Waals surface area (Å²) < 4.78 is 0. The molecule has 0 aromatic heterocycles. The van der Waals surface area contributed by atoms with E-state index in [4.69, 9.17) is 17.3 Å². The number of hydrogen-bond donors (Lipinski definition) is 2. The Morgan fingerprint density at radius 1 is 1.22 bits per heavy atom. The second-order valence-electron chi connectivity index (χ2n) is 5.37. The Bertz CT molecular complexity index is 761. The molecule has 3 rings (SSSR count). The number of nitrogens with one attached hydrogen (secondary N) is 1. The number of nitrogens with zero attached hydrogens (tertiary/aromatic N) is 2. The van der Waals surface area contributed by atoms with E-state index in [0.717, 1.165) is 11.1 Å². The van der Waals surface area contributed by atoms with Gasteiger partial charge in [0.25, 0.3) is 5.69 Å². The number of non-ortho nitro benzene ring substituents is 1. The summed E-state index contributed by atoms with van der Waals surface area (Å²) in [4.78, 5) is 14.8. The van der Waals surface area contributed by atoms with Crippen LogP contribution in [0.25, 0.3) is 0 Å². The van der Waals surface area contributed by atoms with Crippen molar-refractivity contribution in [3.63, 3.8) is 0 Å². The van der Waals surface area contributed by atoms with Gasteiger partial charge in [0.15, 0.2) is 5.96 Å². The van der Waals surface area contributed by atoms with Crippen LogP contribution in [0.3, 0.4) is 0 Å². The van der Waals surface area contributed by atoms with Crippen molar-refractivity contribution in [1.82, 2.24) is 5.32 Å². The van der Waals surface area contributed by atoms with Gasteiger partial charge in [-0.25, -0.2) is 4.99 Å². The highest BCUT2D eigenvalue weighted by molar-refractivity contribution is 6.30. The van der Waals surface area contributed by atoms with Crippen molar-refractivity contribution < 1.29 is 4.92 Å². The second-order valence-corrected chi connectivity index (χ2v) is 5.80. The molecule has 0 aliphatic carbocycles. The highest BCUT2D eigenvalue weighted by Gasteiger charge is 2.25. The summed E-state index contributed by atoms with van der Waals surface area (Å²) in [6.45, 7) is 0. The topological polar surface area (TPSA) is 93.5 Å². The predicted octanol–water partition coefficient (Wildman–Crippen LogP) is 3.34. The zero-order valence-electron chi connectivity index (χ0n) is 12.1. The molecule has 2 unspecified atom stereocenters. The van der Waals surface area contributed by atoms with Gasteiger partial charge in [-0.3, -0.25) is 10.1 Å². The van der Waals surface area contributed by atoms with Crippen molar-refractivity contribution in [1.29, 1.82) is 0 Å². The fourth-order valence-electron chi connectivity index (χ4n) is 2.69. The van der Waals surface area contributed by atoms with Gasteiger partial charge >= 0.3 is 0 Å². The van der Waals surface area contributed by atoms with E-state index in [1.165, 1.54) is 12.1 Å². The summed E-state index contributed by atoms with van der Waals surface area (Å²) in [6, 6.07) is 13.8. The number of benzene rings is 2. The lowest BCUT2D eigenvalue weighted by molar-refractivity contribution is -0.384. The molecule has 1 aliphatic heterocycles. The summed E-state index contributed by atoms with van der Waals surface area (Å²) in [5.41, 5.74) is 7.90. The average Bonchev–Trinajstić information content (AvgIpc) is 2.54. The lowest BCUT2D eigenvalue weighted by Crippen LogP contribution is -2.39. The number of hydrogen-bond acceptors (Lipinski definition) is 5. The highest BCUT2D eigenvalue weighted by Crippen LogP contribution is 2.33. The monoisotopic (exact) mass is 330 g/mol. The summed E-state index contributed by atoms with van der Waals surface area (Å²) in [6.07, 6.45) is 0.693. The van der Waals surface area contributed by atoms with Crippen LogP contribution >= 0.6 is 11.6 Å². The Morgan fingerprint density at radius 2 is 1.96 bits per heavy atom. The Kier molecular flexibility index (Phi) is 4.16. The van der Waals surface area contributed by atoms with Gasteiger partial charge in [0.2, 0.25) is 0 Å². The zero-order valence-corrected chi connectivity index (χ0v) is 12.9. The van der Waals surface area contributed by atoms with Gasteiger partial charge in [-0.1, -0.05) is 35.9 Å². The van der Waals surface area contributed by atoms with Crippen LogP contribution in [0.4, 0.5) is 5.69 Å². The molecule has 7 heteroatoms. The summed E-state index contributed by atoms with van der Waals surface area (Å²) in [7, 11) is 0. The Balaban J connectivity index is 1.85. The zero-order chi connectivity index (χ0) is 16.4. The number of nitrogens with two attached hydrogens (primary N) is 1. The lowest BCUT2D eigenvalue weighted by Gasteiger charge is -2.28. The molecule has 6 nitrogen and oxygen atoms in total. The molecule has 1 heterocycles. The van der Waals surface area contributed by atoms with Crippen LogP contribution in [0, 0.1) is 10.1 Å². The molecular formula is C16H15ClN4O2. The average molecular weight is 331 g/mol. The predicted molar refractivity (Wildman–Crippen MR) is 89.4 cm³/mol. The SMILES string of the molecule is NC1=NC(c2cccc(Cl)c2)CC(c2ccc([N+](=O)[O-])cc2)N1. The Morgan fingerprint density at radius 3 is 2.61 bits per heavy atom. The summed E-state index contributed by atoms with van der Waals surface area (Å²) >= 11 is 6.04. The van der Waals surface area contributed by atoms with E-state index in [2.05, 4.69) is 10.3 Å². The summed E-state index contributed by atoms with van der Waals surface area (Å²) in [5, 5.41) is 14.5. The molecule has 0 amide bonds. The van der Waals surface area contributed by atoms with Crippen LogP contribution < -0.4 is 11.1 Å². The summed E-state index contributed by atoms with van der Waals surface area (Å²) in [5.74, 6) is 0.351. The maximum atomic E-state index is 10.7. The molecule has 2 aromatic rings. The van der Waals surface area contributed by atoms with E-state index in [-0.39, 0.29) is 17.8 Å². The van der Waals surface area contributed by atoms with Gasteiger partial charge in [0, 0.05) is 17.2 Å². The van der Waals surface area contributed by atoms with Gasteiger partial charge in [0.05, 0.1) is 17.0 Å². The van der Waals surface area contributed by atoms with E-state index < -0.39 is 4.92 Å². The minimum atomic E-state index is -0.414. The molecule has 0 spiro atoms. The first-order valence-corrected chi connectivity index (χ1v) is 7.50. The number of halogens is 1. The van der Waals surface area contributed by atoms with Crippen molar-refractivity contribution in [3.05, 3.63) is 74.8 Å². The first kappa shape index (κ1) is 15.3. The van der Waals surface area contributed by atoms with Crippen LogP contribution in [-0.4, -0.2) is 10.9 Å². The van der Waals surface area contributed by atoms with E-state index >= 15 is 0 Å². The van der Waals surface area contributed by atoms with Crippen molar-refractivity contribution in [2.45, 2.75) is 18.5 Å². The fourth-order valence-corrected chi connectivity index (χ4v) is 2.89. The number of guanidine groups is 1. The molecule has 0 saturated heterocycles. The molecular weight excluding hydrogens is 316 g/mol. The van der Waals surface area contributed by atoms with E-state index in [0.29, 0.717) is 17.4 Å². The molecule has 0 radical (unpaired) electrons. The number of aliphatic imine (C=N–C) groups is 1. The fraction of sp³-hybridized carbons (Fsp3) is 0.188. The quantitative estimate of drug-likeness (QED) is 0.666. The van der Waals surface area contributed by atoms with Crippen LogP contribution in [0.1, 0.15) is 29.6 Å². The van der Waals surface area contributed by atoms with Crippen LogP contribution in [0.15, 0.2) is 53.5 Å². The molecule has 3 N–H and O–H groups in total. The van der Waals surface area contributed by atoms with Crippen LogP contribution in [-0.2, 0) is 0 Å². The normalized spacial score (nSPS) is 20.5. The van der Waals surface area contributed by atoms with Gasteiger partial charge in [-0.05, 0) is 29.7 Å². The first-order valence-electron chi connectivity index (χ1n) is 7.12. The third-order valence-electron chi connectivity index (χ3n) is 3.82. The molecule has 0 saturated carbocycles. The molecule has 2 aromatic carbocycles. The van der Waals surface area contributed by atoms with Crippen LogP contribution in [0.5, 0.6) is 0 Å². The minimum absolute atomic E-state index is 0.0581. The Hall–Kier alpha value is -2.60. The standard InChI is InChI=1S/C16H15ClN4O2/c17-12-3-1-2-11(8-12)15-9-14(19-16(18)20-15)10-4-6-13(7-5-10)21(22)23/h1-8,14-15H,9H2,(H3,18,19,20). The smallest absolute Gasteiger partial charge is 0.269 e. The van der Waals surface area contributed by atoms with Crippen molar-refractivity contribution in [2.24, 2.45) is 10.7 Å². The third-order valence-corrected chi connectivity index (χ3v) is 4.05. The molecule has 2 atom stereocenters. The number of rotatable bonds is 3. The molecule has 23 heavy (non-hydrogen) atoms.